The van der Waals surface area contributed by atoms with Crippen molar-refractivity contribution in [2.24, 2.45) is 0 Å². The van der Waals surface area contributed by atoms with Gasteiger partial charge in [0, 0.05) is 19.0 Å². The van der Waals surface area contributed by atoms with Gasteiger partial charge in [-0.2, -0.15) is 0 Å². The van der Waals surface area contributed by atoms with E-state index in [1.807, 2.05) is 56.3 Å². The van der Waals surface area contributed by atoms with Gasteiger partial charge in [0.15, 0.2) is 0 Å². The van der Waals surface area contributed by atoms with Gasteiger partial charge in [0.2, 0.25) is 0 Å². The molecule has 5 nitrogen and oxygen atoms in total. The van der Waals surface area contributed by atoms with E-state index in [1.165, 1.54) is 0 Å². The summed E-state index contributed by atoms with van der Waals surface area (Å²) in [5, 5.41) is 8.68. The molecule has 0 radical (unpaired) electrons. The predicted molar refractivity (Wildman–Crippen MR) is 92.4 cm³/mol. The number of aromatic nitrogens is 1. The normalized spacial score (nSPS) is 10.8. The van der Waals surface area contributed by atoms with Crippen LogP contribution in [-0.2, 0) is 6.42 Å². The van der Waals surface area contributed by atoms with E-state index in [0.717, 1.165) is 22.2 Å². The highest BCUT2D eigenvalue weighted by atomic mass is 16.5. The summed E-state index contributed by atoms with van der Waals surface area (Å²) in [6, 6.07) is 13.5. The number of aryl methyl sites for hydroxylation is 1. The molecular weight excluding hydrogens is 304 g/mol. The first-order valence-electron chi connectivity index (χ1n) is 8.04. The van der Waals surface area contributed by atoms with Crippen molar-refractivity contribution in [1.82, 2.24) is 10.5 Å². The first-order chi connectivity index (χ1) is 11.7. The maximum atomic E-state index is 12.7. The molecule has 3 aromatic rings. The van der Waals surface area contributed by atoms with Crippen LogP contribution in [0, 0.1) is 6.92 Å². The Balaban J connectivity index is 1.80. The van der Waals surface area contributed by atoms with Gasteiger partial charge in [0.05, 0.1) is 17.9 Å². The lowest BCUT2D eigenvalue weighted by molar-refractivity contribution is 0.0951. The molecule has 0 unspecified atom stereocenters. The van der Waals surface area contributed by atoms with E-state index in [2.05, 4.69) is 10.5 Å². The van der Waals surface area contributed by atoms with Crippen molar-refractivity contribution in [2.45, 2.75) is 20.3 Å². The molecule has 1 N–H and O–H groups in total. The van der Waals surface area contributed by atoms with Gasteiger partial charge in [0.1, 0.15) is 11.5 Å². The van der Waals surface area contributed by atoms with Crippen molar-refractivity contribution in [3.8, 4) is 5.75 Å². The Hall–Kier alpha value is -2.82. The molecule has 3 rings (SSSR count). The summed E-state index contributed by atoms with van der Waals surface area (Å²) in [6.07, 6.45) is 0.599. The summed E-state index contributed by atoms with van der Waals surface area (Å²) in [4.78, 5) is 12.7. The average Bonchev–Trinajstić information content (AvgIpc) is 3.00. The van der Waals surface area contributed by atoms with Crippen LogP contribution < -0.4 is 10.1 Å². The number of benzene rings is 2. The average molecular weight is 324 g/mol. The quantitative estimate of drug-likeness (QED) is 0.753. The summed E-state index contributed by atoms with van der Waals surface area (Å²) in [5.41, 5.74) is 1.41. The van der Waals surface area contributed by atoms with Crippen molar-refractivity contribution in [3.05, 3.63) is 59.5 Å². The summed E-state index contributed by atoms with van der Waals surface area (Å²) in [5.74, 6) is 1.21. The number of hydrogen-bond donors (Lipinski definition) is 1. The highest BCUT2D eigenvalue weighted by Crippen LogP contribution is 2.28. The topological polar surface area (TPSA) is 64.4 Å². The van der Waals surface area contributed by atoms with Crippen LogP contribution in [0.3, 0.4) is 0 Å². The van der Waals surface area contributed by atoms with Crippen molar-refractivity contribution in [2.75, 3.05) is 13.2 Å². The van der Waals surface area contributed by atoms with Gasteiger partial charge < -0.3 is 14.6 Å². The predicted octanol–water partition coefficient (Wildman–Crippen LogP) is 3.51. The Morgan fingerprint density at radius 2 is 2.08 bits per heavy atom. The maximum Gasteiger partial charge on any atom is 0.255 e. The number of carbonyl (C=O) groups excluding carboxylic acids is 1. The minimum absolute atomic E-state index is 0.147. The number of hydrogen-bond acceptors (Lipinski definition) is 4. The zero-order valence-corrected chi connectivity index (χ0v) is 13.8. The van der Waals surface area contributed by atoms with Crippen molar-refractivity contribution in [3.63, 3.8) is 0 Å². The van der Waals surface area contributed by atoms with E-state index < -0.39 is 0 Å². The monoisotopic (exact) mass is 324 g/mol. The van der Waals surface area contributed by atoms with Gasteiger partial charge >= 0.3 is 0 Å². The molecule has 0 saturated heterocycles. The molecule has 1 amide bonds. The van der Waals surface area contributed by atoms with Gasteiger partial charge in [-0.15, -0.1) is 0 Å². The molecule has 5 heteroatoms. The summed E-state index contributed by atoms with van der Waals surface area (Å²) in [6.45, 7) is 4.76. The van der Waals surface area contributed by atoms with E-state index in [-0.39, 0.29) is 5.91 Å². The van der Waals surface area contributed by atoms with E-state index in [1.54, 1.807) is 0 Å². The third-order valence-corrected chi connectivity index (χ3v) is 3.75. The smallest absolute Gasteiger partial charge is 0.255 e. The molecule has 0 bridgehead atoms. The fourth-order valence-corrected chi connectivity index (χ4v) is 2.68. The SMILES string of the molecule is CCOc1ccc2ccccc2c1C(=O)NCCc1cc(C)no1. The molecule has 0 saturated carbocycles. The van der Waals surface area contributed by atoms with E-state index in [0.29, 0.717) is 30.9 Å². The zero-order chi connectivity index (χ0) is 16.9. The highest BCUT2D eigenvalue weighted by Gasteiger charge is 2.16. The minimum Gasteiger partial charge on any atom is -0.493 e. The van der Waals surface area contributed by atoms with Crippen molar-refractivity contribution < 1.29 is 14.1 Å². The second-order valence-electron chi connectivity index (χ2n) is 5.53. The number of nitrogens with one attached hydrogen (secondary N) is 1. The van der Waals surface area contributed by atoms with Crippen LogP contribution in [0.15, 0.2) is 47.0 Å². The maximum absolute atomic E-state index is 12.7. The molecule has 0 atom stereocenters. The first kappa shape index (κ1) is 16.1. The second-order valence-corrected chi connectivity index (χ2v) is 5.53. The molecule has 1 heterocycles. The molecule has 24 heavy (non-hydrogen) atoms. The number of ether oxygens (including phenoxy) is 1. The highest BCUT2D eigenvalue weighted by molar-refractivity contribution is 6.09. The van der Waals surface area contributed by atoms with Gasteiger partial charge in [-0.3, -0.25) is 4.79 Å². The Labute approximate surface area is 140 Å². The molecule has 1 aromatic heterocycles. The van der Waals surface area contributed by atoms with Crippen LogP contribution in [0.2, 0.25) is 0 Å². The molecule has 0 fully saturated rings. The lowest BCUT2D eigenvalue weighted by Gasteiger charge is -2.13. The Kier molecular flexibility index (Phi) is 4.79. The molecule has 124 valence electrons. The van der Waals surface area contributed by atoms with Crippen molar-refractivity contribution >= 4 is 16.7 Å². The lowest BCUT2D eigenvalue weighted by Crippen LogP contribution is -2.26. The van der Waals surface area contributed by atoms with Crippen molar-refractivity contribution in [1.29, 1.82) is 0 Å². The summed E-state index contributed by atoms with van der Waals surface area (Å²) in [7, 11) is 0. The zero-order valence-electron chi connectivity index (χ0n) is 13.8. The van der Waals surface area contributed by atoms with E-state index in [9.17, 15) is 4.79 Å². The van der Waals surface area contributed by atoms with Gasteiger partial charge in [-0.1, -0.05) is 35.5 Å². The van der Waals surface area contributed by atoms with E-state index >= 15 is 0 Å². The minimum atomic E-state index is -0.147. The van der Waals surface area contributed by atoms with Crippen LogP contribution in [0.1, 0.15) is 28.7 Å². The van der Waals surface area contributed by atoms with Crippen LogP contribution in [0.4, 0.5) is 0 Å². The number of rotatable bonds is 6. The van der Waals surface area contributed by atoms with Crippen LogP contribution in [0.5, 0.6) is 5.75 Å². The molecule has 0 aliphatic rings. The van der Waals surface area contributed by atoms with Gasteiger partial charge in [0.25, 0.3) is 5.91 Å². The van der Waals surface area contributed by atoms with Crippen LogP contribution >= 0.6 is 0 Å². The Bertz CT molecular complexity index is 855. The molecule has 0 aliphatic carbocycles. The lowest BCUT2D eigenvalue weighted by atomic mass is 10.0. The molecule has 0 spiro atoms. The molecule has 2 aromatic carbocycles. The number of fused-ring (bicyclic) bond motifs is 1. The summed E-state index contributed by atoms with van der Waals surface area (Å²) < 4.78 is 10.8. The third kappa shape index (κ3) is 3.40. The molecular formula is C19H20N2O3. The number of amides is 1. The van der Waals surface area contributed by atoms with Gasteiger partial charge in [-0.05, 0) is 30.7 Å². The third-order valence-electron chi connectivity index (χ3n) is 3.75. The molecule has 0 aliphatic heterocycles. The van der Waals surface area contributed by atoms with E-state index in [4.69, 9.17) is 9.26 Å². The van der Waals surface area contributed by atoms with Gasteiger partial charge in [-0.25, -0.2) is 0 Å². The second kappa shape index (κ2) is 7.17. The fourth-order valence-electron chi connectivity index (χ4n) is 2.68. The Morgan fingerprint density at radius 1 is 1.25 bits per heavy atom. The van der Waals surface area contributed by atoms with Crippen LogP contribution in [-0.4, -0.2) is 24.2 Å². The number of carbonyl (C=O) groups is 1. The standard InChI is InChI=1S/C19H20N2O3/c1-3-23-17-9-8-14-6-4-5-7-16(14)18(17)19(22)20-11-10-15-12-13(2)21-24-15/h4-9,12H,3,10-11H2,1-2H3,(H,20,22). The largest absolute Gasteiger partial charge is 0.493 e. The number of nitrogens with zero attached hydrogens (tertiary/aromatic N) is 1. The Morgan fingerprint density at radius 3 is 2.83 bits per heavy atom. The van der Waals surface area contributed by atoms with Crippen LogP contribution in [0.25, 0.3) is 10.8 Å². The fraction of sp³-hybridized carbons (Fsp3) is 0.263. The summed E-state index contributed by atoms with van der Waals surface area (Å²) >= 11 is 0. The first-order valence-corrected chi connectivity index (χ1v) is 8.04.